The first kappa shape index (κ1) is 16.7. The van der Waals surface area contributed by atoms with E-state index in [4.69, 9.17) is 10.2 Å². The summed E-state index contributed by atoms with van der Waals surface area (Å²) in [6, 6.07) is 6.43. The standard InChI is InChI=1S/C15H19NO5/c1-2-10-3-5-11(6-4-10)7-8-13(17)16-12(15(20)21)9-14(18)19/h3-6,12H,2,7-9H2,1H3,(H,16,17)(H,18,19)(H,20,21)/t12-/m0/s1. The average molecular weight is 293 g/mol. The summed E-state index contributed by atoms with van der Waals surface area (Å²) >= 11 is 0. The van der Waals surface area contributed by atoms with E-state index in [1.165, 1.54) is 5.56 Å². The van der Waals surface area contributed by atoms with Crippen molar-refractivity contribution in [3.63, 3.8) is 0 Å². The molecular formula is C15H19NO5. The van der Waals surface area contributed by atoms with Crippen LogP contribution in [0.5, 0.6) is 0 Å². The Hall–Kier alpha value is -2.37. The second kappa shape index (κ2) is 8.04. The second-order valence-electron chi connectivity index (χ2n) is 4.73. The zero-order valence-electron chi connectivity index (χ0n) is 11.8. The molecule has 0 heterocycles. The Labute approximate surface area is 122 Å². The van der Waals surface area contributed by atoms with Gasteiger partial charge in [-0.1, -0.05) is 31.2 Å². The van der Waals surface area contributed by atoms with Gasteiger partial charge in [0.2, 0.25) is 5.91 Å². The van der Waals surface area contributed by atoms with Gasteiger partial charge >= 0.3 is 11.9 Å². The first-order valence-corrected chi connectivity index (χ1v) is 6.74. The van der Waals surface area contributed by atoms with Gasteiger partial charge in [-0.2, -0.15) is 0 Å². The maximum absolute atomic E-state index is 11.7. The highest BCUT2D eigenvalue weighted by Crippen LogP contribution is 2.07. The third kappa shape index (κ3) is 6.07. The van der Waals surface area contributed by atoms with Crippen LogP contribution in [0.1, 0.15) is 30.9 Å². The number of carbonyl (C=O) groups excluding carboxylic acids is 1. The lowest BCUT2D eigenvalue weighted by molar-refractivity contribution is -0.147. The number of aliphatic carboxylic acids is 2. The number of carbonyl (C=O) groups is 3. The predicted octanol–water partition coefficient (Wildman–Crippen LogP) is 1.23. The van der Waals surface area contributed by atoms with Crippen LogP contribution in [-0.4, -0.2) is 34.1 Å². The zero-order valence-corrected chi connectivity index (χ0v) is 11.8. The van der Waals surface area contributed by atoms with Crippen LogP contribution in [0.3, 0.4) is 0 Å². The van der Waals surface area contributed by atoms with E-state index in [2.05, 4.69) is 12.2 Å². The Morgan fingerprint density at radius 1 is 1.10 bits per heavy atom. The summed E-state index contributed by atoms with van der Waals surface area (Å²) in [7, 11) is 0. The van der Waals surface area contributed by atoms with Gasteiger partial charge in [-0.15, -0.1) is 0 Å². The fraction of sp³-hybridized carbons (Fsp3) is 0.400. The third-order valence-corrected chi connectivity index (χ3v) is 3.08. The first-order valence-electron chi connectivity index (χ1n) is 6.74. The van der Waals surface area contributed by atoms with Crippen LogP contribution < -0.4 is 5.32 Å². The number of nitrogens with one attached hydrogen (secondary N) is 1. The summed E-state index contributed by atoms with van der Waals surface area (Å²) in [6.45, 7) is 2.05. The van der Waals surface area contributed by atoms with Crippen LogP contribution in [0, 0.1) is 0 Å². The quantitative estimate of drug-likeness (QED) is 0.668. The van der Waals surface area contributed by atoms with Gasteiger partial charge in [0.05, 0.1) is 6.42 Å². The molecule has 0 aliphatic carbocycles. The Morgan fingerprint density at radius 3 is 2.14 bits per heavy atom. The van der Waals surface area contributed by atoms with Crippen molar-refractivity contribution in [2.24, 2.45) is 0 Å². The number of amides is 1. The van der Waals surface area contributed by atoms with Crippen molar-refractivity contribution >= 4 is 17.8 Å². The van der Waals surface area contributed by atoms with Crippen LogP contribution >= 0.6 is 0 Å². The third-order valence-electron chi connectivity index (χ3n) is 3.08. The van der Waals surface area contributed by atoms with Crippen molar-refractivity contribution in [1.82, 2.24) is 5.32 Å². The van der Waals surface area contributed by atoms with E-state index in [-0.39, 0.29) is 6.42 Å². The van der Waals surface area contributed by atoms with E-state index in [1.54, 1.807) is 0 Å². The highest BCUT2D eigenvalue weighted by Gasteiger charge is 2.22. The Balaban J connectivity index is 2.48. The monoisotopic (exact) mass is 293 g/mol. The fourth-order valence-electron chi connectivity index (χ4n) is 1.84. The minimum absolute atomic E-state index is 0.120. The number of carboxylic acids is 2. The van der Waals surface area contributed by atoms with Crippen molar-refractivity contribution in [1.29, 1.82) is 0 Å². The smallest absolute Gasteiger partial charge is 0.326 e. The number of carboxylic acid groups (broad SMARTS) is 2. The molecule has 1 aromatic rings. The number of hydrogen-bond acceptors (Lipinski definition) is 3. The van der Waals surface area contributed by atoms with Crippen LogP contribution in [0.4, 0.5) is 0 Å². The van der Waals surface area contributed by atoms with E-state index < -0.39 is 30.3 Å². The topological polar surface area (TPSA) is 104 Å². The molecule has 0 unspecified atom stereocenters. The van der Waals surface area contributed by atoms with E-state index in [0.717, 1.165) is 12.0 Å². The molecule has 0 fully saturated rings. The lowest BCUT2D eigenvalue weighted by Crippen LogP contribution is -2.42. The number of aryl methyl sites for hydroxylation is 2. The number of rotatable bonds is 8. The molecule has 0 aliphatic heterocycles. The van der Waals surface area contributed by atoms with Gasteiger partial charge in [-0.25, -0.2) is 4.79 Å². The summed E-state index contributed by atoms with van der Waals surface area (Å²) in [4.78, 5) is 33.0. The molecule has 1 aromatic carbocycles. The highest BCUT2D eigenvalue weighted by atomic mass is 16.4. The van der Waals surface area contributed by atoms with Gasteiger partial charge in [0, 0.05) is 6.42 Å². The molecule has 0 bridgehead atoms. The minimum atomic E-state index is -1.39. The molecule has 1 amide bonds. The summed E-state index contributed by atoms with van der Waals surface area (Å²) in [5.74, 6) is -3.08. The van der Waals surface area contributed by atoms with Crippen LogP contribution in [0.15, 0.2) is 24.3 Å². The lowest BCUT2D eigenvalue weighted by atomic mass is 10.1. The maximum Gasteiger partial charge on any atom is 0.326 e. The molecule has 0 saturated heterocycles. The van der Waals surface area contributed by atoms with Crippen molar-refractivity contribution in [3.8, 4) is 0 Å². The molecule has 114 valence electrons. The molecule has 0 aliphatic rings. The molecule has 21 heavy (non-hydrogen) atoms. The van der Waals surface area contributed by atoms with E-state index in [9.17, 15) is 14.4 Å². The molecule has 0 spiro atoms. The molecule has 0 saturated carbocycles. The Morgan fingerprint density at radius 2 is 1.67 bits per heavy atom. The SMILES string of the molecule is CCc1ccc(CCC(=O)N[C@@H](CC(=O)O)C(=O)O)cc1. The largest absolute Gasteiger partial charge is 0.481 e. The summed E-state index contributed by atoms with van der Waals surface area (Å²) in [5, 5.41) is 19.6. The van der Waals surface area contributed by atoms with E-state index in [0.29, 0.717) is 6.42 Å². The molecule has 0 radical (unpaired) electrons. The zero-order chi connectivity index (χ0) is 15.8. The van der Waals surface area contributed by atoms with Gasteiger partial charge < -0.3 is 15.5 Å². The van der Waals surface area contributed by atoms with Gasteiger partial charge in [0.1, 0.15) is 6.04 Å². The summed E-state index contributed by atoms with van der Waals surface area (Å²) in [5.41, 5.74) is 2.18. The average Bonchev–Trinajstić information content (AvgIpc) is 2.44. The Kier molecular flexibility index (Phi) is 6.39. The molecule has 6 nitrogen and oxygen atoms in total. The van der Waals surface area contributed by atoms with Gasteiger partial charge in [0.15, 0.2) is 0 Å². The maximum atomic E-state index is 11.7. The number of benzene rings is 1. The molecule has 1 atom stereocenters. The van der Waals surface area contributed by atoms with Gasteiger partial charge in [-0.3, -0.25) is 9.59 Å². The lowest BCUT2D eigenvalue weighted by Gasteiger charge is -2.12. The summed E-state index contributed by atoms with van der Waals surface area (Å²) < 4.78 is 0. The summed E-state index contributed by atoms with van der Waals surface area (Å²) in [6.07, 6.45) is 0.909. The minimum Gasteiger partial charge on any atom is -0.481 e. The fourth-order valence-corrected chi connectivity index (χ4v) is 1.84. The van der Waals surface area contributed by atoms with Crippen LogP contribution in [0.25, 0.3) is 0 Å². The second-order valence-corrected chi connectivity index (χ2v) is 4.73. The molecule has 3 N–H and O–H groups in total. The van der Waals surface area contributed by atoms with Gasteiger partial charge in [0.25, 0.3) is 0 Å². The van der Waals surface area contributed by atoms with E-state index in [1.807, 2.05) is 24.3 Å². The molecule has 1 rings (SSSR count). The van der Waals surface area contributed by atoms with Crippen molar-refractivity contribution < 1.29 is 24.6 Å². The van der Waals surface area contributed by atoms with E-state index >= 15 is 0 Å². The highest BCUT2D eigenvalue weighted by molar-refractivity contribution is 5.86. The van der Waals surface area contributed by atoms with Crippen molar-refractivity contribution in [2.45, 2.75) is 38.6 Å². The van der Waals surface area contributed by atoms with Crippen LogP contribution in [0.2, 0.25) is 0 Å². The van der Waals surface area contributed by atoms with Crippen LogP contribution in [-0.2, 0) is 27.2 Å². The molecular weight excluding hydrogens is 274 g/mol. The van der Waals surface area contributed by atoms with Crippen molar-refractivity contribution in [3.05, 3.63) is 35.4 Å². The normalized spacial score (nSPS) is 11.7. The predicted molar refractivity (Wildman–Crippen MR) is 76.0 cm³/mol. The molecule has 6 heteroatoms. The first-order chi connectivity index (χ1) is 9.92. The van der Waals surface area contributed by atoms with Gasteiger partial charge in [-0.05, 0) is 24.0 Å². The van der Waals surface area contributed by atoms with Crippen molar-refractivity contribution in [2.75, 3.05) is 0 Å². The Bertz CT molecular complexity index is 509. The number of hydrogen-bond donors (Lipinski definition) is 3. The molecule has 0 aromatic heterocycles.